The van der Waals surface area contributed by atoms with Crippen LogP contribution in [0.15, 0.2) is 60.7 Å². The summed E-state index contributed by atoms with van der Waals surface area (Å²) in [5.41, 5.74) is 7.94. The van der Waals surface area contributed by atoms with Gasteiger partial charge in [-0.3, -0.25) is 0 Å². The largest absolute Gasteiger partial charge is 0.354 e. The second-order valence-corrected chi connectivity index (χ2v) is 6.75. The van der Waals surface area contributed by atoms with E-state index in [4.69, 9.17) is 0 Å². The Morgan fingerprint density at radius 3 is 2.46 bits per heavy atom. The van der Waals surface area contributed by atoms with E-state index in [0.717, 1.165) is 6.42 Å². The van der Waals surface area contributed by atoms with E-state index in [9.17, 15) is 0 Å². The Morgan fingerprint density at radius 1 is 0.875 bits per heavy atom. The van der Waals surface area contributed by atoms with Crippen molar-refractivity contribution < 1.29 is 0 Å². The van der Waals surface area contributed by atoms with Crippen LogP contribution < -0.4 is 0 Å². The highest BCUT2D eigenvalue weighted by Crippen LogP contribution is 2.39. The lowest BCUT2D eigenvalue weighted by atomic mass is 9.87. The Morgan fingerprint density at radius 2 is 1.62 bits per heavy atom. The third-order valence-corrected chi connectivity index (χ3v) is 5.26. The molecule has 0 amide bonds. The molecule has 1 heteroatoms. The van der Waals surface area contributed by atoms with Gasteiger partial charge in [-0.05, 0) is 42.0 Å². The van der Waals surface area contributed by atoms with Gasteiger partial charge in [0.15, 0.2) is 0 Å². The van der Waals surface area contributed by atoms with Crippen molar-refractivity contribution in [3.63, 3.8) is 0 Å². The third kappa shape index (κ3) is 2.24. The molecule has 3 aromatic carbocycles. The lowest BCUT2D eigenvalue weighted by Crippen LogP contribution is -1.97. The predicted molar refractivity (Wildman–Crippen MR) is 105 cm³/mol. The standard InChI is InChI=1S/C23H23N/c1-4-15(2)17-9-5-6-11-19(17)22-16(3)13-14-20-18-10-7-8-12-21(18)24-23(20)22/h5-15,24H,4H2,1-3H3/t15-/m1/s1. The first-order chi connectivity index (χ1) is 11.7. The summed E-state index contributed by atoms with van der Waals surface area (Å²) >= 11 is 0. The van der Waals surface area contributed by atoms with Crippen molar-refractivity contribution in [3.05, 3.63) is 71.8 Å². The number of aryl methyl sites for hydroxylation is 1. The van der Waals surface area contributed by atoms with Gasteiger partial charge < -0.3 is 4.98 Å². The van der Waals surface area contributed by atoms with Gasteiger partial charge in [-0.1, -0.05) is 68.4 Å². The van der Waals surface area contributed by atoms with Crippen molar-refractivity contribution in [2.45, 2.75) is 33.1 Å². The summed E-state index contributed by atoms with van der Waals surface area (Å²) in [5.74, 6) is 0.556. The van der Waals surface area contributed by atoms with Crippen LogP contribution in [0.5, 0.6) is 0 Å². The van der Waals surface area contributed by atoms with E-state index >= 15 is 0 Å². The molecule has 4 aromatic rings. The zero-order valence-corrected chi connectivity index (χ0v) is 14.6. The minimum absolute atomic E-state index is 0.556. The molecule has 0 fully saturated rings. The zero-order valence-electron chi connectivity index (χ0n) is 14.6. The smallest absolute Gasteiger partial charge is 0.0547 e. The second-order valence-electron chi connectivity index (χ2n) is 6.75. The summed E-state index contributed by atoms with van der Waals surface area (Å²) < 4.78 is 0. The number of hydrogen-bond acceptors (Lipinski definition) is 0. The number of H-pyrrole nitrogens is 1. The van der Waals surface area contributed by atoms with E-state index in [-0.39, 0.29) is 0 Å². The maximum absolute atomic E-state index is 3.67. The Balaban J connectivity index is 2.09. The number of benzene rings is 3. The Labute approximate surface area is 143 Å². The monoisotopic (exact) mass is 313 g/mol. The number of rotatable bonds is 3. The van der Waals surface area contributed by atoms with Crippen LogP contribution in [0.3, 0.4) is 0 Å². The molecule has 0 aliphatic heterocycles. The van der Waals surface area contributed by atoms with Crippen molar-refractivity contribution in [2.75, 3.05) is 0 Å². The Bertz CT molecular complexity index is 1020. The van der Waals surface area contributed by atoms with Gasteiger partial charge >= 0.3 is 0 Å². The van der Waals surface area contributed by atoms with Crippen molar-refractivity contribution in [1.82, 2.24) is 4.98 Å². The van der Waals surface area contributed by atoms with E-state index in [0.29, 0.717) is 5.92 Å². The van der Waals surface area contributed by atoms with Crippen LogP contribution >= 0.6 is 0 Å². The molecule has 120 valence electrons. The topological polar surface area (TPSA) is 15.8 Å². The molecule has 0 radical (unpaired) electrons. The summed E-state index contributed by atoms with van der Waals surface area (Å²) in [7, 11) is 0. The highest BCUT2D eigenvalue weighted by atomic mass is 14.7. The minimum Gasteiger partial charge on any atom is -0.354 e. The lowest BCUT2D eigenvalue weighted by molar-refractivity contribution is 0.735. The first-order valence-corrected chi connectivity index (χ1v) is 8.80. The SMILES string of the molecule is CC[C@@H](C)c1ccccc1-c1c(C)ccc2c1[nH]c1ccccc12. The van der Waals surface area contributed by atoms with Crippen molar-refractivity contribution in [2.24, 2.45) is 0 Å². The van der Waals surface area contributed by atoms with Gasteiger partial charge in [0, 0.05) is 21.9 Å². The first kappa shape index (κ1) is 15.0. The van der Waals surface area contributed by atoms with E-state index in [1.165, 1.54) is 44.1 Å². The maximum Gasteiger partial charge on any atom is 0.0547 e. The molecule has 1 aromatic heterocycles. The highest BCUT2D eigenvalue weighted by molar-refractivity contribution is 6.12. The molecular weight excluding hydrogens is 290 g/mol. The summed E-state index contributed by atoms with van der Waals surface area (Å²) in [6.07, 6.45) is 1.15. The summed E-state index contributed by atoms with van der Waals surface area (Å²) in [4.78, 5) is 3.67. The quantitative estimate of drug-likeness (QED) is 0.427. The number of aromatic nitrogens is 1. The van der Waals surface area contributed by atoms with Gasteiger partial charge in [0.1, 0.15) is 0 Å². The number of para-hydroxylation sites is 1. The van der Waals surface area contributed by atoms with Gasteiger partial charge in [0.25, 0.3) is 0 Å². The fourth-order valence-electron chi connectivity index (χ4n) is 3.74. The Kier molecular flexibility index (Phi) is 3.65. The van der Waals surface area contributed by atoms with Crippen LogP contribution in [0.1, 0.15) is 37.3 Å². The molecule has 0 saturated heterocycles. The van der Waals surface area contributed by atoms with Gasteiger partial charge in [-0.25, -0.2) is 0 Å². The molecular formula is C23H23N. The minimum atomic E-state index is 0.556. The number of nitrogens with one attached hydrogen (secondary N) is 1. The summed E-state index contributed by atoms with van der Waals surface area (Å²) in [6.45, 7) is 6.80. The van der Waals surface area contributed by atoms with Crippen LogP contribution in [0.25, 0.3) is 32.9 Å². The van der Waals surface area contributed by atoms with Crippen LogP contribution in [-0.4, -0.2) is 4.98 Å². The van der Waals surface area contributed by atoms with Crippen molar-refractivity contribution in [3.8, 4) is 11.1 Å². The fraction of sp³-hybridized carbons (Fsp3) is 0.217. The first-order valence-electron chi connectivity index (χ1n) is 8.80. The van der Waals surface area contributed by atoms with Gasteiger partial charge in [-0.15, -0.1) is 0 Å². The highest BCUT2D eigenvalue weighted by Gasteiger charge is 2.16. The molecule has 0 saturated carbocycles. The van der Waals surface area contributed by atoms with Crippen molar-refractivity contribution >= 4 is 21.8 Å². The maximum atomic E-state index is 3.67. The number of aromatic amines is 1. The van der Waals surface area contributed by atoms with Crippen LogP contribution in [0.4, 0.5) is 0 Å². The lowest BCUT2D eigenvalue weighted by Gasteiger charge is -2.17. The summed E-state index contributed by atoms with van der Waals surface area (Å²) in [5, 5.41) is 2.61. The Hall–Kier alpha value is -2.54. The van der Waals surface area contributed by atoms with Gasteiger partial charge in [0.05, 0.1) is 5.52 Å². The second kappa shape index (κ2) is 5.83. The molecule has 1 atom stereocenters. The predicted octanol–water partition coefficient (Wildman–Crippen LogP) is 6.81. The van der Waals surface area contributed by atoms with Crippen LogP contribution in [-0.2, 0) is 0 Å². The normalized spacial score (nSPS) is 12.8. The molecule has 0 spiro atoms. The molecule has 0 bridgehead atoms. The number of fused-ring (bicyclic) bond motifs is 3. The molecule has 4 rings (SSSR count). The summed E-state index contributed by atoms with van der Waals surface area (Å²) in [6, 6.07) is 21.9. The van der Waals surface area contributed by atoms with E-state index in [1.54, 1.807) is 0 Å². The van der Waals surface area contributed by atoms with Gasteiger partial charge in [-0.2, -0.15) is 0 Å². The van der Waals surface area contributed by atoms with Gasteiger partial charge in [0.2, 0.25) is 0 Å². The zero-order chi connectivity index (χ0) is 16.7. The third-order valence-electron chi connectivity index (χ3n) is 5.26. The fourth-order valence-corrected chi connectivity index (χ4v) is 3.74. The van der Waals surface area contributed by atoms with E-state index in [1.807, 2.05) is 0 Å². The van der Waals surface area contributed by atoms with E-state index < -0.39 is 0 Å². The molecule has 1 heterocycles. The van der Waals surface area contributed by atoms with E-state index in [2.05, 4.69) is 86.4 Å². The number of hydrogen-bond donors (Lipinski definition) is 1. The molecule has 0 aliphatic carbocycles. The van der Waals surface area contributed by atoms with Crippen LogP contribution in [0, 0.1) is 6.92 Å². The average Bonchev–Trinajstić information content (AvgIpc) is 2.99. The molecule has 0 unspecified atom stereocenters. The molecule has 1 nitrogen and oxygen atoms in total. The average molecular weight is 313 g/mol. The van der Waals surface area contributed by atoms with Crippen LogP contribution in [0.2, 0.25) is 0 Å². The van der Waals surface area contributed by atoms with Crippen molar-refractivity contribution in [1.29, 1.82) is 0 Å². The molecule has 1 N–H and O–H groups in total. The molecule has 24 heavy (non-hydrogen) atoms. The molecule has 0 aliphatic rings.